The van der Waals surface area contributed by atoms with Gasteiger partial charge in [-0.3, -0.25) is 4.79 Å². The van der Waals surface area contributed by atoms with Gasteiger partial charge in [0.05, 0.1) is 26.2 Å². The van der Waals surface area contributed by atoms with Gasteiger partial charge >= 0.3 is 5.97 Å². The molecule has 1 aliphatic carbocycles. The summed E-state index contributed by atoms with van der Waals surface area (Å²) in [7, 11) is 1.43. The molecule has 1 N–H and O–H groups in total. The van der Waals surface area contributed by atoms with Crippen molar-refractivity contribution in [2.24, 2.45) is 5.92 Å². The lowest BCUT2D eigenvalue weighted by molar-refractivity contribution is -0.145. The molecule has 1 saturated carbocycles. The van der Waals surface area contributed by atoms with E-state index >= 15 is 0 Å². The molecule has 0 bridgehead atoms. The molecular weight excluding hydrogens is 170 g/mol. The first kappa shape index (κ1) is 8.97. The fourth-order valence-electron chi connectivity index (χ4n) is 1.65. The summed E-state index contributed by atoms with van der Waals surface area (Å²) in [5, 5.41) is 3.39. The molecule has 0 amide bonds. The third-order valence-corrected chi connectivity index (χ3v) is 2.61. The summed E-state index contributed by atoms with van der Waals surface area (Å²) < 4.78 is 9.97. The largest absolute Gasteiger partial charge is 0.469 e. The first-order valence-electron chi connectivity index (χ1n) is 4.73. The Balaban J connectivity index is 1.88. The maximum absolute atomic E-state index is 11.3. The fourth-order valence-corrected chi connectivity index (χ4v) is 1.65. The van der Waals surface area contributed by atoms with Gasteiger partial charge in [0.1, 0.15) is 0 Å². The van der Waals surface area contributed by atoms with Crippen molar-refractivity contribution in [3.63, 3.8) is 0 Å². The highest BCUT2D eigenvalue weighted by atomic mass is 16.5. The highest BCUT2D eigenvalue weighted by Crippen LogP contribution is 2.23. The average Bonchev–Trinajstić information content (AvgIpc) is 2.82. The predicted octanol–water partition coefficient (Wildman–Crippen LogP) is -0.0736. The first-order chi connectivity index (χ1) is 6.31. The van der Waals surface area contributed by atoms with Crippen LogP contribution in [0.15, 0.2) is 0 Å². The minimum absolute atomic E-state index is 0.106. The van der Waals surface area contributed by atoms with Crippen LogP contribution in [0.5, 0.6) is 0 Å². The third-order valence-electron chi connectivity index (χ3n) is 2.61. The highest BCUT2D eigenvalue weighted by molar-refractivity contribution is 5.73. The van der Waals surface area contributed by atoms with E-state index in [1.54, 1.807) is 0 Å². The van der Waals surface area contributed by atoms with Gasteiger partial charge in [-0.05, 0) is 12.8 Å². The number of methoxy groups -OCH3 is 1. The third kappa shape index (κ3) is 2.00. The number of rotatable bonds is 3. The number of carbonyl (C=O) groups excluding carboxylic acids is 1. The summed E-state index contributed by atoms with van der Waals surface area (Å²) in [5.41, 5.74) is 0. The molecule has 0 spiro atoms. The van der Waals surface area contributed by atoms with E-state index in [1.165, 1.54) is 20.0 Å². The molecule has 0 aromatic heterocycles. The second-order valence-corrected chi connectivity index (χ2v) is 3.71. The van der Waals surface area contributed by atoms with Crippen molar-refractivity contribution >= 4 is 5.97 Å². The van der Waals surface area contributed by atoms with Crippen LogP contribution in [0.25, 0.3) is 0 Å². The number of hydrogen-bond donors (Lipinski definition) is 1. The summed E-state index contributed by atoms with van der Waals surface area (Å²) in [6.45, 7) is 1.13. The van der Waals surface area contributed by atoms with Gasteiger partial charge in [0.2, 0.25) is 0 Å². The summed E-state index contributed by atoms with van der Waals surface area (Å²) in [5.74, 6) is -0.263. The van der Waals surface area contributed by atoms with Gasteiger partial charge < -0.3 is 14.8 Å². The molecule has 1 saturated heterocycles. The van der Waals surface area contributed by atoms with E-state index in [9.17, 15) is 4.79 Å². The summed E-state index contributed by atoms with van der Waals surface area (Å²) >= 11 is 0. The molecule has 2 fully saturated rings. The number of nitrogens with one attached hydrogen (secondary N) is 1. The molecular formula is C9H15NO3. The van der Waals surface area contributed by atoms with Crippen LogP contribution in [-0.4, -0.2) is 38.4 Å². The minimum atomic E-state index is -0.157. The van der Waals surface area contributed by atoms with E-state index in [2.05, 4.69) is 5.32 Å². The number of hydrogen-bond acceptors (Lipinski definition) is 4. The lowest BCUT2D eigenvalue weighted by Crippen LogP contribution is -2.40. The van der Waals surface area contributed by atoms with E-state index in [-0.39, 0.29) is 17.9 Å². The zero-order chi connectivity index (χ0) is 9.26. The van der Waals surface area contributed by atoms with Gasteiger partial charge in [-0.15, -0.1) is 0 Å². The van der Waals surface area contributed by atoms with Crippen molar-refractivity contribution in [2.75, 3.05) is 20.3 Å². The summed E-state index contributed by atoms with van der Waals surface area (Å²) in [6.07, 6.45) is 2.45. The molecule has 2 rings (SSSR count). The van der Waals surface area contributed by atoms with Gasteiger partial charge in [-0.2, -0.15) is 0 Å². The van der Waals surface area contributed by atoms with E-state index < -0.39 is 0 Å². The molecule has 2 atom stereocenters. The van der Waals surface area contributed by atoms with Crippen LogP contribution < -0.4 is 5.32 Å². The van der Waals surface area contributed by atoms with Crippen molar-refractivity contribution in [1.82, 2.24) is 5.32 Å². The highest BCUT2D eigenvalue weighted by Gasteiger charge is 2.37. The van der Waals surface area contributed by atoms with Gasteiger partial charge in [-0.1, -0.05) is 0 Å². The maximum Gasteiger partial charge on any atom is 0.312 e. The standard InChI is InChI=1S/C9H15NO3/c1-12-9(11)7-4-13-5-8(7)10-6-2-3-6/h6-8,10H,2-5H2,1H3. The Morgan fingerprint density at radius 1 is 1.46 bits per heavy atom. The van der Waals surface area contributed by atoms with Crippen LogP contribution in [0.1, 0.15) is 12.8 Å². The van der Waals surface area contributed by atoms with Crippen molar-refractivity contribution < 1.29 is 14.3 Å². The maximum atomic E-state index is 11.3. The Morgan fingerprint density at radius 2 is 2.23 bits per heavy atom. The molecule has 2 unspecified atom stereocenters. The molecule has 1 aliphatic heterocycles. The predicted molar refractivity (Wildman–Crippen MR) is 46.3 cm³/mol. The summed E-state index contributed by atoms with van der Waals surface area (Å²) in [6, 6.07) is 0.777. The monoisotopic (exact) mass is 185 g/mol. The zero-order valence-electron chi connectivity index (χ0n) is 7.79. The van der Waals surface area contributed by atoms with Crippen LogP contribution in [-0.2, 0) is 14.3 Å². The minimum Gasteiger partial charge on any atom is -0.469 e. The quantitative estimate of drug-likeness (QED) is 0.625. The van der Waals surface area contributed by atoms with Gasteiger partial charge in [-0.25, -0.2) is 0 Å². The van der Waals surface area contributed by atoms with E-state index in [1.807, 2.05) is 0 Å². The molecule has 4 nitrogen and oxygen atoms in total. The van der Waals surface area contributed by atoms with Crippen LogP contribution in [0.2, 0.25) is 0 Å². The number of ether oxygens (including phenoxy) is 2. The lowest BCUT2D eigenvalue weighted by Gasteiger charge is -2.16. The van der Waals surface area contributed by atoms with Gasteiger partial charge in [0.25, 0.3) is 0 Å². The normalized spacial score (nSPS) is 33.3. The topological polar surface area (TPSA) is 47.6 Å². The molecule has 0 aromatic carbocycles. The van der Waals surface area contributed by atoms with Gasteiger partial charge in [0.15, 0.2) is 0 Å². The van der Waals surface area contributed by atoms with Crippen molar-refractivity contribution in [3.8, 4) is 0 Å². The van der Waals surface area contributed by atoms with E-state index in [4.69, 9.17) is 9.47 Å². The van der Waals surface area contributed by atoms with Crippen LogP contribution in [0.3, 0.4) is 0 Å². The molecule has 74 valence electrons. The summed E-state index contributed by atoms with van der Waals surface area (Å²) in [4.78, 5) is 11.3. The van der Waals surface area contributed by atoms with E-state index in [0.717, 1.165) is 0 Å². The molecule has 4 heteroatoms. The van der Waals surface area contributed by atoms with Crippen LogP contribution in [0.4, 0.5) is 0 Å². The molecule has 1 heterocycles. The van der Waals surface area contributed by atoms with Gasteiger partial charge in [0, 0.05) is 12.1 Å². The average molecular weight is 185 g/mol. The smallest absolute Gasteiger partial charge is 0.312 e. The number of carbonyl (C=O) groups is 1. The Kier molecular flexibility index (Phi) is 2.51. The zero-order valence-corrected chi connectivity index (χ0v) is 7.79. The second kappa shape index (κ2) is 3.64. The van der Waals surface area contributed by atoms with Crippen molar-refractivity contribution in [1.29, 1.82) is 0 Å². The first-order valence-corrected chi connectivity index (χ1v) is 4.73. The van der Waals surface area contributed by atoms with E-state index in [0.29, 0.717) is 19.3 Å². The molecule has 2 aliphatic rings. The Morgan fingerprint density at radius 3 is 2.85 bits per heavy atom. The second-order valence-electron chi connectivity index (χ2n) is 3.71. The molecule has 13 heavy (non-hydrogen) atoms. The van der Waals surface area contributed by atoms with Crippen molar-refractivity contribution in [3.05, 3.63) is 0 Å². The molecule has 0 radical (unpaired) electrons. The number of esters is 1. The Bertz CT molecular complexity index is 203. The molecule has 0 aromatic rings. The SMILES string of the molecule is COC(=O)C1COCC1NC1CC1. The lowest BCUT2D eigenvalue weighted by atomic mass is 10.0. The Labute approximate surface area is 77.6 Å². The Hall–Kier alpha value is -0.610. The van der Waals surface area contributed by atoms with Crippen molar-refractivity contribution in [2.45, 2.75) is 24.9 Å². The van der Waals surface area contributed by atoms with Crippen LogP contribution >= 0.6 is 0 Å². The fraction of sp³-hybridized carbons (Fsp3) is 0.889. The van der Waals surface area contributed by atoms with Crippen LogP contribution in [0, 0.1) is 5.92 Å².